The van der Waals surface area contributed by atoms with Crippen molar-refractivity contribution in [2.75, 3.05) is 0 Å². The molecule has 0 fully saturated rings. The molecule has 1 aliphatic carbocycles. The second kappa shape index (κ2) is 7.82. The van der Waals surface area contributed by atoms with Gasteiger partial charge in [-0.25, -0.2) is 8.78 Å². The number of aryl methyl sites for hydroxylation is 1. The van der Waals surface area contributed by atoms with E-state index >= 15 is 0 Å². The summed E-state index contributed by atoms with van der Waals surface area (Å²) in [6.45, 7) is 0. The third kappa shape index (κ3) is 3.49. The molecule has 5 rings (SSSR count). The van der Waals surface area contributed by atoms with E-state index in [1.807, 2.05) is 31.3 Å². The molecule has 31 heavy (non-hydrogen) atoms. The first-order valence-electron chi connectivity index (χ1n) is 10.1. The second-order valence-electron chi connectivity index (χ2n) is 7.59. The van der Waals surface area contributed by atoms with Crippen LogP contribution in [0.3, 0.4) is 0 Å². The molecule has 0 N–H and O–H groups in total. The molecule has 0 spiro atoms. The van der Waals surface area contributed by atoms with Crippen LogP contribution in [0.1, 0.15) is 6.42 Å². The Hall–Kier alpha value is -3.18. The van der Waals surface area contributed by atoms with Gasteiger partial charge in [-0.1, -0.05) is 18.2 Å². The molecule has 1 heterocycles. The van der Waals surface area contributed by atoms with E-state index in [0.717, 1.165) is 27.1 Å². The Morgan fingerprint density at radius 3 is 2.06 bits per heavy atom. The van der Waals surface area contributed by atoms with Crippen LogP contribution >= 0.6 is 0 Å². The zero-order valence-electron chi connectivity index (χ0n) is 16.9. The summed E-state index contributed by atoms with van der Waals surface area (Å²) >= 11 is 0. The molecule has 1 atom stereocenters. The molecule has 0 saturated carbocycles. The number of rotatable bonds is 3. The summed E-state index contributed by atoms with van der Waals surface area (Å²) in [5, 5.41) is 2.32. The van der Waals surface area contributed by atoms with E-state index < -0.39 is 10.9 Å². The third-order valence-corrected chi connectivity index (χ3v) is 8.22. The van der Waals surface area contributed by atoms with Crippen molar-refractivity contribution >= 4 is 33.9 Å². The summed E-state index contributed by atoms with van der Waals surface area (Å²) < 4.78 is 29.2. The zero-order chi connectivity index (χ0) is 21.5. The summed E-state index contributed by atoms with van der Waals surface area (Å²) in [5.74, 6) is -0.590. The maximum atomic E-state index is 13.6. The van der Waals surface area contributed by atoms with Crippen LogP contribution in [0, 0.1) is 11.6 Å². The minimum Gasteiger partial charge on any atom is -0.344 e. The van der Waals surface area contributed by atoms with Gasteiger partial charge in [0.25, 0.3) is 0 Å². The van der Waals surface area contributed by atoms with Gasteiger partial charge in [-0.3, -0.25) is 4.79 Å². The molecule has 0 radical (unpaired) electrons. The highest BCUT2D eigenvalue weighted by Crippen LogP contribution is 2.31. The molecule has 5 heteroatoms. The second-order valence-corrected chi connectivity index (χ2v) is 9.82. The summed E-state index contributed by atoms with van der Waals surface area (Å²) in [6, 6.07) is 20.6. The first-order valence-corrected chi connectivity index (χ1v) is 11.4. The van der Waals surface area contributed by atoms with Crippen molar-refractivity contribution in [2.24, 2.45) is 7.05 Å². The molecule has 0 saturated heterocycles. The van der Waals surface area contributed by atoms with E-state index in [0.29, 0.717) is 10.6 Å². The zero-order valence-corrected chi connectivity index (χ0v) is 17.7. The van der Waals surface area contributed by atoms with Gasteiger partial charge in [0.1, 0.15) is 11.6 Å². The van der Waals surface area contributed by atoms with Crippen LogP contribution in [0.5, 0.6) is 0 Å². The highest BCUT2D eigenvalue weighted by Gasteiger charge is 2.35. The minimum absolute atomic E-state index is 0.0114. The molecule has 4 aromatic rings. The lowest BCUT2D eigenvalue weighted by Crippen LogP contribution is -2.48. The lowest BCUT2D eigenvalue weighted by atomic mass is 10.1. The van der Waals surface area contributed by atoms with Crippen molar-refractivity contribution in [3.8, 4) is 0 Å². The highest BCUT2D eigenvalue weighted by atomic mass is 32.2. The molecule has 0 bridgehead atoms. The van der Waals surface area contributed by atoms with Crippen LogP contribution in [-0.2, 0) is 17.9 Å². The molecule has 1 aliphatic rings. The number of halogens is 2. The molecule has 1 unspecified atom stereocenters. The predicted molar refractivity (Wildman–Crippen MR) is 122 cm³/mol. The summed E-state index contributed by atoms with van der Waals surface area (Å²) in [4.78, 5) is 15.2. The minimum atomic E-state index is -0.478. The number of hydrogen-bond donors (Lipinski definition) is 0. The van der Waals surface area contributed by atoms with Gasteiger partial charge in [-0.05, 0) is 66.7 Å². The average Bonchev–Trinajstić information content (AvgIpc) is 2.80. The van der Waals surface area contributed by atoms with E-state index in [2.05, 4.69) is 16.7 Å². The maximum absolute atomic E-state index is 13.6. The van der Waals surface area contributed by atoms with Gasteiger partial charge < -0.3 is 4.57 Å². The van der Waals surface area contributed by atoms with Crippen LogP contribution in [0.4, 0.5) is 8.78 Å². The smallest absolute Gasteiger partial charge is 0.197 e. The van der Waals surface area contributed by atoms with Crippen molar-refractivity contribution in [3.63, 3.8) is 0 Å². The number of hydrogen-bond acceptors (Lipinski definition) is 1. The first-order chi connectivity index (χ1) is 15.0. The molecule has 0 aliphatic heterocycles. The number of nitrogens with zero attached hydrogens (tertiary/aromatic N) is 1. The van der Waals surface area contributed by atoms with Crippen LogP contribution in [0.25, 0.3) is 23.1 Å². The van der Waals surface area contributed by atoms with Gasteiger partial charge in [0.2, 0.25) is 0 Å². The predicted octanol–water partition coefficient (Wildman–Crippen LogP) is 3.89. The quantitative estimate of drug-likeness (QED) is 0.451. The van der Waals surface area contributed by atoms with Crippen LogP contribution in [0.2, 0.25) is 0 Å². The van der Waals surface area contributed by atoms with Gasteiger partial charge in [0.15, 0.2) is 20.5 Å². The largest absolute Gasteiger partial charge is 0.344 e. The molecule has 1 aromatic heterocycles. The summed E-state index contributed by atoms with van der Waals surface area (Å²) in [7, 11) is 1.50. The fraction of sp³-hybridized carbons (Fsp3) is 0.115. The van der Waals surface area contributed by atoms with Crippen LogP contribution in [0.15, 0.2) is 87.4 Å². The SMILES string of the molecule is Cn1c2c(c(=O)c3ccccc31)=CC([S+](c1ccc(F)cc1)c1ccc(F)cc1)CC=2. The van der Waals surface area contributed by atoms with Crippen molar-refractivity contribution in [1.29, 1.82) is 0 Å². The molecule has 3 aromatic carbocycles. The van der Waals surface area contributed by atoms with Crippen molar-refractivity contribution in [2.45, 2.75) is 21.5 Å². The van der Waals surface area contributed by atoms with Gasteiger partial charge in [0.05, 0.1) is 16.4 Å². The van der Waals surface area contributed by atoms with Gasteiger partial charge in [-0.15, -0.1) is 0 Å². The maximum Gasteiger partial charge on any atom is 0.197 e. The average molecular weight is 433 g/mol. The Morgan fingerprint density at radius 1 is 0.871 bits per heavy atom. The van der Waals surface area contributed by atoms with E-state index in [9.17, 15) is 13.6 Å². The number of fused-ring (bicyclic) bond motifs is 2. The standard InChI is InChI=1S/C26H20F2NOS/c1-29-24-5-3-2-4-22(24)26(30)23-16-21(14-15-25(23)29)31(19-10-6-17(27)7-11-19)20-12-8-18(28)9-13-20/h2-13,15-16,21H,14H2,1H3/q+1. The van der Waals surface area contributed by atoms with Gasteiger partial charge >= 0.3 is 0 Å². The van der Waals surface area contributed by atoms with E-state index in [1.165, 1.54) is 24.3 Å². The lowest BCUT2D eigenvalue weighted by Gasteiger charge is -2.18. The Morgan fingerprint density at radius 2 is 1.45 bits per heavy atom. The summed E-state index contributed by atoms with van der Waals surface area (Å²) in [5.41, 5.74) is 0.928. The fourth-order valence-corrected chi connectivity index (χ4v) is 6.62. The highest BCUT2D eigenvalue weighted by molar-refractivity contribution is 7.98. The number of pyridine rings is 1. The third-order valence-electron chi connectivity index (χ3n) is 5.73. The Balaban J connectivity index is 1.72. The normalized spacial score (nSPS) is 15.4. The van der Waals surface area contributed by atoms with E-state index in [-0.39, 0.29) is 22.3 Å². The Labute approximate surface area is 181 Å². The van der Waals surface area contributed by atoms with E-state index in [1.54, 1.807) is 24.3 Å². The number of benzene rings is 3. The Kier molecular flexibility index (Phi) is 4.98. The van der Waals surface area contributed by atoms with Crippen LogP contribution in [-0.4, -0.2) is 9.82 Å². The van der Waals surface area contributed by atoms with Crippen molar-refractivity contribution in [1.82, 2.24) is 4.57 Å². The van der Waals surface area contributed by atoms with Gasteiger partial charge in [-0.2, -0.15) is 0 Å². The fourth-order valence-electron chi connectivity index (χ4n) is 4.23. The topological polar surface area (TPSA) is 22.0 Å². The number of aromatic nitrogens is 1. The molecule has 154 valence electrons. The lowest BCUT2D eigenvalue weighted by molar-refractivity contribution is 0.626. The molecular weight excluding hydrogens is 412 g/mol. The first kappa shape index (κ1) is 19.8. The number of para-hydroxylation sites is 1. The molecule has 0 amide bonds. The van der Waals surface area contributed by atoms with Crippen LogP contribution < -0.4 is 16.0 Å². The Bertz CT molecular complexity index is 1410. The van der Waals surface area contributed by atoms with Crippen molar-refractivity contribution < 1.29 is 8.78 Å². The van der Waals surface area contributed by atoms with E-state index in [4.69, 9.17) is 0 Å². The summed E-state index contributed by atoms with van der Waals surface area (Å²) in [6.07, 6.45) is 4.90. The molecular formula is C26H20F2NOS+. The van der Waals surface area contributed by atoms with Crippen molar-refractivity contribution in [3.05, 3.63) is 105 Å². The molecule has 2 nitrogen and oxygen atoms in total. The monoisotopic (exact) mass is 432 g/mol. The van der Waals surface area contributed by atoms with Gasteiger partial charge in [0, 0.05) is 29.4 Å².